The van der Waals surface area contributed by atoms with E-state index in [0.717, 1.165) is 25.7 Å². The van der Waals surface area contributed by atoms with Crippen LogP contribution in [-0.2, 0) is 12.8 Å². The number of rotatable bonds is 10. The Labute approximate surface area is 158 Å². The summed E-state index contributed by atoms with van der Waals surface area (Å²) in [6.45, 7) is 7.69. The predicted molar refractivity (Wildman–Crippen MR) is 117 cm³/mol. The molecule has 0 spiro atoms. The average molecular weight is 343 g/mol. The number of aryl methyl sites for hydroxylation is 2. The van der Waals surface area contributed by atoms with Crippen molar-refractivity contribution in [2.24, 2.45) is 0 Å². The van der Waals surface area contributed by atoms with Gasteiger partial charge in [0.1, 0.15) is 0 Å². The Kier molecular flexibility index (Phi) is 6.66. The lowest BCUT2D eigenvalue weighted by Crippen LogP contribution is -1.94. The molecule has 0 bridgehead atoms. The van der Waals surface area contributed by atoms with E-state index in [-0.39, 0.29) is 0 Å². The highest BCUT2D eigenvalue weighted by molar-refractivity contribution is 6.03. The second-order valence-corrected chi connectivity index (χ2v) is 7.16. The number of hydrogen-bond acceptors (Lipinski definition) is 0. The quantitative estimate of drug-likeness (QED) is 0.200. The lowest BCUT2D eigenvalue weighted by molar-refractivity contribution is 0.750. The fraction of sp³-hybridized carbons (Fsp3) is 0.308. The van der Waals surface area contributed by atoms with Crippen LogP contribution >= 0.6 is 0 Å². The lowest BCUT2D eigenvalue weighted by Gasteiger charge is -2.14. The molecule has 0 saturated heterocycles. The van der Waals surface area contributed by atoms with E-state index in [1.807, 2.05) is 12.2 Å². The minimum absolute atomic E-state index is 1.11. The summed E-state index contributed by atoms with van der Waals surface area (Å²) in [5.41, 5.74) is 3.01. The third-order valence-corrected chi connectivity index (χ3v) is 5.30. The van der Waals surface area contributed by atoms with Gasteiger partial charge in [-0.15, -0.1) is 13.2 Å². The van der Waals surface area contributed by atoms with Crippen molar-refractivity contribution in [2.75, 3.05) is 0 Å². The minimum Gasteiger partial charge on any atom is -0.103 e. The van der Waals surface area contributed by atoms with Crippen molar-refractivity contribution in [3.63, 3.8) is 0 Å². The Bertz CT molecular complexity index is 885. The molecule has 26 heavy (non-hydrogen) atoms. The van der Waals surface area contributed by atoms with Gasteiger partial charge in [-0.2, -0.15) is 0 Å². The maximum atomic E-state index is 3.85. The molecule has 134 valence electrons. The van der Waals surface area contributed by atoms with E-state index in [4.69, 9.17) is 0 Å². The second-order valence-electron chi connectivity index (χ2n) is 7.16. The number of hydrogen-bond donors (Lipinski definition) is 0. The molecule has 0 atom stereocenters. The first-order chi connectivity index (χ1) is 12.8. The van der Waals surface area contributed by atoms with E-state index in [0.29, 0.717) is 0 Å². The van der Waals surface area contributed by atoms with Gasteiger partial charge in [0, 0.05) is 0 Å². The molecule has 0 nitrogen and oxygen atoms in total. The standard InChI is InChI=1S/C26H30/c1-3-5-7-9-14-21-16-13-19-25-24(18-10-8-6-4-2)23-17-12-11-15-22(23)20-26(21)25/h3-4,11-13,15-17,19-20H,1-2,5-10,14,18H2. The maximum Gasteiger partial charge on any atom is -0.0143 e. The summed E-state index contributed by atoms with van der Waals surface area (Å²) in [7, 11) is 0. The van der Waals surface area contributed by atoms with Crippen molar-refractivity contribution in [1.29, 1.82) is 0 Å². The first-order valence-corrected chi connectivity index (χ1v) is 9.99. The molecule has 0 aromatic heterocycles. The largest absolute Gasteiger partial charge is 0.103 e. The van der Waals surface area contributed by atoms with E-state index in [9.17, 15) is 0 Å². The van der Waals surface area contributed by atoms with E-state index in [1.165, 1.54) is 58.4 Å². The zero-order valence-corrected chi connectivity index (χ0v) is 15.8. The first-order valence-electron chi connectivity index (χ1n) is 9.99. The summed E-state index contributed by atoms with van der Waals surface area (Å²) in [4.78, 5) is 0. The van der Waals surface area contributed by atoms with Crippen molar-refractivity contribution in [3.8, 4) is 0 Å². The van der Waals surface area contributed by atoms with Crippen LogP contribution in [0.3, 0.4) is 0 Å². The molecule has 3 rings (SSSR count). The van der Waals surface area contributed by atoms with Crippen LogP contribution in [0.2, 0.25) is 0 Å². The van der Waals surface area contributed by atoms with Crippen LogP contribution in [0.5, 0.6) is 0 Å². The summed E-state index contributed by atoms with van der Waals surface area (Å²) >= 11 is 0. The smallest absolute Gasteiger partial charge is 0.0143 e. The van der Waals surface area contributed by atoms with Crippen LogP contribution in [0.25, 0.3) is 21.5 Å². The first kappa shape index (κ1) is 18.5. The van der Waals surface area contributed by atoms with Gasteiger partial charge in [-0.25, -0.2) is 0 Å². The number of benzene rings is 3. The highest BCUT2D eigenvalue weighted by Gasteiger charge is 2.10. The normalized spacial score (nSPS) is 11.1. The van der Waals surface area contributed by atoms with Gasteiger partial charge in [0.05, 0.1) is 0 Å². The van der Waals surface area contributed by atoms with Crippen LogP contribution in [0.1, 0.15) is 49.7 Å². The van der Waals surface area contributed by atoms with Crippen molar-refractivity contribution in [3.05, 3.63) is 85.0 Å². The summed E-state index contributed by atoms with van der Waals surface area (Å²) in [6, 6.07) is 18.1. The molecule has 0 N–H and O–H groups in total. The Balaban J connectivity index is 2.00. The number of unbranched alkanes of at least 4 members (excludes halogenated alkanes) is 4. The Hall–Kier alpha value is -2.34. The molecule has 0 fully saturated rings. The second kappa shape index (κ2) is 9.38. The van der Waals surface area contributed by atoms with E-state index >= 15 is 0 Å². The van der Waals surface area contributed by atoms with Gasteiger partial charge in [-0.05, 0) is 90.1 Å². The van der Waals surface area contributed by atoms with Crippen molar-refractivity contribution in [1.82, 2.24) is 0 Å². The molecule has 0 unspecified atom stereocenters. The molecule has 0 amide bonds. The van der Waals surface area contributed by atoms with Crippen LogP contribution in [0.15, 0.2) is 73.8 Å². The molecule has 0 aliphatic rings. The lowest BCUT2D eigenvalue weighted by atomic mass is 9.90. The van der Waals surface area contributed by atoms with Crippen molar-refractivity contribution < 1.29 is 0 Å². The van der Waals surface area contributed by atoms with Gasteiger partial charge >= 0.3 is 0 Å². The van der Waals surface area contributed by atoms with Crippen LogP contribution in [-0.4, -0.2) is 0 Å². The van der Waals surface area contributed by atoms with Crippen LogP contribution in [0, 0.1) is 0 Å². The fourth-order valence-corrected chi connectivity index (χ4v) is 3.93. The van der Waals surface area contributed by atoms with E-state index in [1.54, 1.807) is 0 Å². The van der Waals surface area contributed by atoms with E-state index in [2.05, 4.69) is 61.7 Å². The molecule has 0 heteroatoms. The third kappa shape index (κ3) is 4.25. The molecular formula is C26H30. The molecule has 3 aromatic rings. The molecule has 0 saturated carbocycles. The number of fused-ring (bicyclic) bond motifs is 2. The molecule has 0 aliphatic carbocycles. The summed E-state index contributed by atoms with van der Waals surface area (Å²) < 4.78 is 0. The van der Waals surface area contributed by atoms with Gasteiger partial charge in [0.15, 0.2) is 0 Å². The Morgan fingerprint density at radius 1 is 0.654 bits per heavy atom. The topological polar surface area (TPSA) is 0 Å². The molecular weight excluding hydrogens is 312 g/mol. The number of allylic oxidation sites excluding steroid dienone is 2. The molecule has 0 radical (unpaired) electrons. The van der Waals surface area contributed by atoms with Crippen LogP contribution in [0.4, 0.5) is 0 Å². The summed E-state index contributed by atoms with van der Waals surface area (Å²) in [5, 5.41) is 5.69. The summed E-state index contributed by atoms with van der Waals surface area (Å²) in [5.74, 6) is 0. The van der Waals surface area contributed by atoms with Gasteiger partial charge in [-0.3, -0.25) is 0 Å². The van der Waals surface area contributed by atoms with E-state index < -0.39 is 0 Å². The molecule has 3 aromatic carbocycles. The summed E-state index contributed by atoms with van der Waals surface area (Å²) in [6.07, 6.45) is 13.5. The third-order valence-electron chi connectivity index (χ3n) is 5.30. The van der Waals surface area contributed by atoms with Crippen LogP contribution < -0.4 is 0 Å². The zero-order chi connectivity index (χ0) is 18.2. The highest BCUT2D eigenvalue weighted by Crippen LogP contribution is 2.32. The Morgan fingerprint density at radius 3 is 2.12 bits per heavy atom. The Morgan fingerprint density at radius 2 is 1.35 bits per heavy atom. The molecule has 0 heterocycles. The average Bonchev–Trinajstić information content (AvgIpc) is 2.68. The highest BCUT2D eigenvalue weighted by atomic mass is 14.1. The fourth-order valence-electron chi connectivity index (χ4n) is 3.93. The SMILES string of the molecule is C=CCCCCc1cccc2c(CCCCC=C)c3ccccc3cc12. The van der Waals surface area contributed by atoms with Crippen molar-refractivity contribution in [2.45, 2.75) is 51.4 Å². The van der Waals surface area contributed by atoms with Gasteiger partial charge in [0.25, 0.3) is 0 Å². The predicted octanol–water partition coefficient (Wildman–Crippen LogP) is 7.79. The zero-order valence-electron chi connectivity index (χ0n) is 15.8. The maximum absolute atomic E-state index is 3.85. The monoisotopic (exact) mass is 342 g/mol. The van der Waals surface area contributed by atoms with Gasteiger partial charge in [0.2, 0.25) is 0 Å². The molecule has 0 aliphatic heterocycles. The minimum atomic E-state index is 1.11. The van der Waals surface area contributed by atoms with Gasteiger partial charge < -0.3 is 0 Å². The van der Waals surface area contributed by atoms with Crippen molar-refractivity contribution >= 4 is 21.5 Å². The van der Waals surface area contributed by atoms with Gasteiger partial charge in [-0.1, -0.05) is 54.6 Å².